The molecule has 1 heterocycles. The smallest absolute Gasteiger partial charge is 0.330 e. The lowest BCUT2D eigenvalue weighted by Gasteiger charge is -2.20. The number of hydrogen-bond donors (Lipinski definition) is 1. The standard InChI is InChI=1S/C8H11NO3/c1-5-3-4-9(6(2)10)7(5)8(11)12/h3,7H,4H2,1-2H3,(H,11,12). The van der Waals surface area contributed by atoms with Crippen LogP contribution in [0.15, 0.2) is 11.6 Å². The van der Waals surface area contributed by atoms with Crippen molar-refractivity contribution in [2.24, 2.45) is 0 Å². The molecule has 1 amide bonds. The van der Waals surface area contributed by atoms with E-state index in [1.54, 1.807) is 13.0 Å². The van der Waals surface area contributed by atoms with Crippen LogP contribution in [0.4, 0.5) is 0 Å². The van der Waals surface area contributed by atoms with Crippen LogP contribution in [0.2, 0.25) is 0 Å². The predicted octanol–water partition coefficient (Wildman–Crippen LogP) is 0.248. The molecule has 0 aromatic heterocycles. The summed E-state index contributed by atoms with van der Waals surface area (Å²) in [5.74, 6) is -1.16. The Morgan fingerprint density at radius 3 is 2.58 bits per heavy atom. The number of hydrogen-bond acceptors (Lipinski definition) is 2. The molecule has 0 saturated carbocycles. The highest BCUT2D eigenvalue weighted by Crippen LogP contribution is 2.17. The molecule has 0 saturated heterocycles. The lowest BCUT2D eigenvalue weighted by Crippen LogP contribution is -2.40. The molecular formula is C8H11NO3. The number of amides is 1. The van der Waals surface area contributed by atoms with Crippen LogP contribution in [0.5, 0.6) is 0 Å². The molecule has 4 heteroatoms. The van der Waals surface area contributed by atoms with Crippen molar-refractivity contribution in [2.75, 3.05) is 6.54 Å². The number of carboxylic acids is 1. The van der Waals surface area contributed by atoms with Gasteiger partial charge in [-0.15, -0.1) is 0 Å². The molecule has 1 aliphatic heterocycles. The average molecular weight is 169 g/mol. The van der Waals surface area contributed by atoms with E-state index in [1.807, 2.05) is 0 Å². The Balaban J connectivity index is 2.84. The zero-order valence-corrected chi connectivity index (χ0v) is 7.07. The molecule has 0 aromatic carbocycles. The number of carbonyl (C=O) groups is 2. The molecule has 0 aliphatic carbocycles. The predicted molar refractivity (Wildman–Crippen MR) is 42.6 cm³/mol. The van der Waals surface area contributed by atoms with Crippen LogP contribution in [-0.2, 0) is 9.59 Å². The van der Waals surface area contributed by atoms with E-state index >= 15 is 0 Å². The van der Waals surface area contributed by atoms with Crippen LogP contribution in [0.1, 0.15) is 13.8 Å². The molecule has 12 heavy (non-hydrogen) atoms. The molecule has 0 spiro atoms. The number of carbonyl (C=O) groups excluding carboxylic acids is 1. The van der Waals surface area contributed by atoms with Gasteiger partial charge in [0, 0.05) is 13.5 Å². The van der Waals surface area contributed by atoms with E-state index in [1.165, 1.54) is 11.8 Å². The first-order valence-electron chi connectivity index (χ1n) is 3.70. The third kappa shape index (κ3) is 1.32. The van der Waals surface area contributed by atoms with Crippen LogP contribution in [-0.4, -0.2) is 34.5 Å². The third-order valence-electron chi connectivity index (χ3n) is 1.99. The van der Waals surface area contributed by atoms with E-state index < -0.39 is 12.0 Å². The normalized spacial score (nSPS) is 22.3. The van der Waals surface area contributed by atoms with Crippen molar-refractivity contribution >= 4 is 11.9 Å². The van der Waals surface area contributed by atoms with E-state index in [9.17, 15) is 9.59 Å². The first-order chi connectivity index (χ1) is 5.54. The monoisotopic (exact) mass is 169 g/mol. The summed E-state index contributed by atoms with van der Waals surface area (Å²) in [6.07, 6.45) is 1.76. The molecule has 1 unspecified atom stereocenters. The summed E-state index contributed by atoms with van der Waals surface area (Å²) >= 11 is 0. The Labute approximate surface area is 70.5 Å². The maximum Gasteiger partial charge on any atom is 0.330 e. The molecule has 1 rings (SSSR count). The molecule has 1 N–H and O–H groups in total. The quantitative estimate of drug-likeness (QED) is 0.572. The summed E-state index contributed by atoms with van der Waals surface area (Å²) in [6, 6.07) is -0.748. The van der Waals surface area contributed by atoms with Crippen molar-refractivity contribution in [1.82, 2.24) is 4.90 Å². The highest BCUT2D eigenvalue weighted by atomic mass is 16.4. The van der Waals surface area contributed by atoms with Gasteiger partial charge in [-0.05, 0) is 12.5 Å². The summed E-state index contributed by atoms with van der Waals surface area (Å²) < 4.78 is 0. The van der Waals surface area contributed by atoms with Crippen LogP contribution in [0.3, 0.4) is 0 Å². The second-order valence-electron chi connectivity index (χ2n) is 2.86. The highest BCUT2D eigenvalue weighted by Gasteiger charge is 2.32. The summed E-state index contributed by atoms with van der Waals surface area (Å²) in [7, 11) is 0. The van der Waals surface area contributed by atoms with E-state index in [-0.39, 0.29) is 5.91 Å². The molecule has 1 aliphatic rings. The van der Waals surface area contributed by atoms with Gasteiger partial charge in [-0.3, -0.25) is 4.79 Å². The largest absolute Gasteiger partial charge is 0.479 e. The summed E-state index contributed by atoms with van der Waals surface area (Å²) in [4.78, 5) is 23.0. The molecule has 0 fully saturated rings. The van der Waals surface area contributed by atoms with Gasteiger partial charge in [-0.1, -0.05) is 6.08 Å². The van der Waals surface area contributed by atoms with Crippen LogP contribution in [0, 0.1) is 0 Å². The zero-order chi connectivity index (χ0) is 9.30. The van der Waals surface area contributed by atoms with Crippen molar-refractivity contribution in [3.63, 3.8) is 0 Å². The Morgan fingerprint density at radius 2 is 2.25 bits per heavy atom. The molecule has 4 nitrogen and oxygen atoms in total. The van der Waals surface area contributed by atoms with Crippen molar-refractivity contribution < 1.29 is 14.7 Å². The van der Waals surface area contributed by atoms with Crippen LogP contribution >= 0.6 is 0 Å². The lowest BCUT2D eigenvalue weighted by molar-refractivity contribution is -0.146. The SMILES string of the molecule is CC(=O)N1CC=C(C)C1C(=O)O. The second kappa shape index (κ2) is 2.97. The number of aliphatic carboxylic acids is 1. The van der Waals surface area contributed by atoms with Gasteiger partial charge < -0.3 is 10.0 Å². The van der Waals surface area contributed by atoms with Crippen molar-refractivity contribution in [3.8, 4) is 0 Å². The molecule has 1 atom stereocenters. The molecular weight excluding hydrogens is 158 g/mol. The zero-order valence-electron chi connectivity index (χ0n) is 7.07. The Kier molecular flexibility index (Phi) is 2.17. The lowest BCUT2D eigenvalue weighted by atomic mass is 10.1. The van der Waals surface area contributed by atoms with Gasteiger partial charge in [0.15, 0.2) is 6.04 Å². The van der Waals surface area contributed by atoms with Crippen molar-refractivity contribution in [1.29, 1.82) is 0 Å². The minimum atomic E-state index is -0.962. The molecule has 0 bridgehead atoms. The van der Waals surface area contributed by atoms with Crippen LogP contribution < -0.4 is 0 Å². The minimum Gasteiger partial charge on any atom is -0.479 e. The number of carboxylic acid groups (broad SMARTS) is 1. The fourth-order valence-corrected chi connectivity index (χ4v) is 1.34. The van der Waals surface area contributed by atoms with Crippen molar-refractivity contribution in [2.45, 2.75) is 19.9 Å². The van der Waals surface area contributed by atoms with Crippen LogP contribution in [0.25, 0.3) is 0 Å². The number of rotatable bonds is 1. The van der Waals surface area contributed by atoms with E-state index in [0.29, 0.717) is 6.54 Å². The van der Waals surface area contributed by atoms with Gasteiger partial charge >= 0.3 is 5.97 Å². The van der Waals surface area contributed by atoms with Crippen molar-refractivity contribution in [3.05, 3.63) is 11.6 Å². The van der Waals surface area contributed by atoms with Gasteiger partial charge in [0.05, 0.1) is 0 Å². The fourth-order valence-electron chi connectivity index (χ4n) is 1.34. The molecule has 0 radical (unpaired) electrons. The highest BCUT2D eigenvalue weighted by molar-refractivity contribution is 5.86. The summed E-state index contributed by atoms with van der Waals surface area (Å²) in [6.45, 7) is 3.52. The minimum absolute atomic E-state index is 0.199. The number of nitrogens with zero attached hydrogens (tertiary/aromatic N) is 1. The third-order valence-corrected chi connectivity index (χ3v) is 1.99. The molecule has 0 aromatic rings. The Hall–Kier alpha value is -1.32. The van der Waals surface area contributed by atoms with E-state index in [0.717, 1.165) is 5.57 Å². The van der Waals surface area contributed by atoms with Gasteiger partial charge in [0.1, 0.15) is 0 Å². The maximum atomic E-state index is 10.9. The topological polar surface area (TPSA) is 57.6 Å². The maximum absolute atomic E-state index is 10.9. The summed E-state index contributed by atoms with van der Waals surface area (Å²) in [5.41, 5.74) is 0.734. The van der Waals surface area contributed by atoms with Gasteiger partial charge in [-0.2, -0.15) is 0 Å². The first kappa shape index (κ1) is 8.77. The molecule has 66 valence electrons. The fraction of sp³-hybridized carbons (Fsp3) is 0.500. The summed E-state index contributed by atoms with van der Waals surface area (Å²) in [5, 5.41) is 8.77. The Bertz CT molecular complexity index is 257. The van der Waals surface area contributed by atoms with E-state index in [4.69, 9.17) is 5.11 Å². The average Bonchev–Trinajstić information content (AvgIpc) is 2.30. The van der Waals surface area contributed by atoms with Gasteiger partial charge in [0.25, 0.3) is 0 Å². The van der Waals surface area contributed by atoms with Gasteiger partial charge in [-0.25, -0.2) is 4.79 Å². The first-order valence-corrected chi connectivity index (χ1v) is 3.70. The second-order valence-corrected chi connectivity index (χ2v) is 2.86. The van der Waals surface area contributed by atoms with Gasteiger partial charge in [0.2, 0.25) is 5.91 Å². The van der Waals surface area contributed by atoms with E-state index in [2.05, 4.69) is 0 Å². The Morgan fingerprint density at radius 1 is 1.67 bits per heavy atom.